The number of pyridine rings is 1. The number of hydrogen-bond donors (Lipinski definition) is 4. The van der Waals surface area contributed by atoms with Crippen molar-refractivity contribution >= 4 is 34.8 Å². The molecule has 0 aliphatic carbocycles. The molecular formula is C47H51Cl2N5O6. The highest BCUT2D eigenvalue weighted by molar-refractivity contribution is 6.35. The number of halogens is 2. The Bertz CT molecular complexity index is 2290. The predicted molar refractivity (Wildman–Crippen MR) is 234 cm³/mol. The summed E-state index contributed by atoms with van der Waals surface area (Å²) in [6.45, 7) is 9.45. The highest BCUT2D eigenvalue weighted by atomic mass is 35.5. The first-order chi connectivity index (χ1) is 29.0. The number of nitrogens with one attached hydrogen (secondary N) is 2. The molecule has 2 heterocycles. The molecular weight excluding hydrogens is 801 g/mol. The molecule has 1 fully saturated rings. The van der Waals surface area contributed by atoms with Gasteiger partial charge in [0.05, 0.1) is 22.2 Å². The maximum Gasteiger partial charge on any atom is 0.217 e. The van der Waals surface area contributed by atoms with Crippen LogP contribution in [0.3, 0.4) is 0 Å². The molecule has 11 nitrogen and oxygen atoms in total. The van der Waals surface area contributed by atoms with Gasteiger partial charge in [-0.3, -0.25) is 9.78 Å². The topological polar surface area (TPSA) is 149 Å². The third kappa shape index (κ3) is 11.9. The zero-order chi connectivity index (χ0) is 42.6. The largest absolute Gasteiger partial charge is 0.492 e. The summed E-state index contributed by atoms with van der Waals surface area (Å²) in [6, 6.07) is 27.0. The third-order valence-corrected chi connectivity index (χ3v) is 11.4. The monoisotopic (exact) mass is 851 g/mol. The third-order valence-electron chi connectivity index (χ3n) is 10.7. The second kappa shape index (κ2) is 21.3. The number of aliphatic hydroxyl groups excluding tert-OH is 1. The van der Waals surface area contributed by atoms with Gasteiger partial charge in [0, 0.05) is 85.9 Å². The summed E-state index contributed by atoms with van der Waals surface area (Å²) in [7, 11) is 0. The number of nitriles is 1. The highest BCUT2D eigenvalue weighted by Gasteiger charge is 2.20. The van der Waals surface area contributed by atoms with E-state index in [1.165, 1.54) is 6.20 Å². The Morgan fingerprint density at radius 1 is 0.917 bits per heavy atom. The van der Waals surface area contributed by atoms with Gasteiger partial charge in [-0.15, -0.1) is 0 Å². The Balaban J connectivity index is 1.13. The van der Waals surface area contributed by atoms with Crippen LogP contribution in [0.5, 0.6) is 17.2 Å². The van der Waals surface area contributed by atoms with Crippen LogP contribution in [0, 0.1) is 18.3 Å². The van der Waals surface area contributed by atoms with E-state index in [-0.39, 0.29) is 25.2 Å². The van der Waals surface area contributed by atoms with Crippen molar-refractivity contribution in [1.82, 2.24) is 15.2 Å². The van der Waals surface area contributed by atoms with Gasteiger partial charge < -0.3 is 40.0 Å². The summed E-state index contributed by atoms with van der Waals surface area (Å²) in [5, 5.41) is 36.2. The second-order valence-corrected chi connectivity index (χ2v) is 15.9. The van der Waals surface area contributed by atoms with E-state index < -0.39 is 12.2 Å². The maximum absolute atomic E-state index is 11.4. The smallest absolute Gasteiger partial charge is 0.217 e. The van der Waals surface area contributed by atoms with Gasteiger partial charge in [0.15, 0.2) is 6.29 Å². The van der Waals surface area contributed by atoms with E-state index in [1.807, 2.05) is 67.6 Å². The minimum Gasteiger partial charge on any atom is -0.492 e. The van der Waals surface area contributed by atoms with Gasteiger partial charge in [-0.1, -0.05) is 72.6 Å². The van der Waals surface area contributed by atoms with Crippen molar-refractivity contribution < 1.29 is 29.2 Å². The van der Waals surface area contributed by atoms with Crippen LogP contribution >= 0.6 is 23.2 Å². The summed E-state index contributed by atoms with van der Waals surface area (Å²) < 4.78 is 18.9. The number of aliphatic hydroxyl groups is 2. The van der Waals surface area contributed by atoms with Crippen LogP contribution in [0.25, 0.3) is 11.1 Å². The lowest BCUT2D eigenvalue weighted by Crippen LogP contribution is -2.44. The molecule has 0 radical (unpaired) electrons. The van der Waals surface area contributed by atoms with Crippen molar-refractivity contribution in [3.8, 4) is 34.4 Å². The van der Waals surface area contributed by atoms with E-state index in [0.717, 1.165) is 83.5 Å². The quantitative estimate of drug-likeness (QED) is 0.0498. The molecule has 13 heteroatoms. The first-order valence-corrected chi connectivity index (χ1v) is 20.9. The standard InChI is InChI=1S/C47H51Cl2N5O6/c1-30-36(9-5-11-40(30)41-12-6-13-43(46(41)49)58-19-7-16-54-17-14-38(15-18-54)53-32(3)55)29-60-45-23-44(59-28-34-20-33(24-50)25-51-26-34)37(22-42(45)48)27-52-39-10-4-8-35(21-39)31(2)47(56)57/h4-6,8-13,20-23,25-26,31,38,47,52,56-57H,7,14-19,27-29H2,1-3H3,(H,53,55). The second-order valence-electron chi connectivity index (χ2n) is 15.1. The summed E-state index contributed by atoms with van der Waals surface area (Å²) in [4.78, 5) is 18.0. The van der Waals surface area contributed by atoms with Crippen molar-refractivity contribution in [3.05, 3.63) is 135 Å². The summed E-state index contributed by atoms with van der Waals surface area (Å²) in [6.07, 6.45) is 4.45. The number of nitrogens with zero attached hydrogens (tertiary/aromatic N) is 3. The number of piperidine rings is 1. The van der Waals surface area contributed by atoms with Crippen LogP contribution in [0.2, 0.25) is 10.0 Å². The molecule has 1 saturated heterocycles. The van der Waals surface area contributed by atoms with Gasteiger partial charge in [-0.2, -0.15) is 5.26 Å². The first-order valence-electron chi connectivity index (χ1n) is 20.1. The average Bonchev–Trinajstić information content (AvgIpc) is 3.25. The van der Waals surface area contributed by atoms with Gasteiger partial charge in [-0.25, -0.2) is 0 Å². The van der Waals surface area contributed by atoms with E-state index in [4.69, 9.17) is 37.4 Å². The fraction of sp³-hybridized carbons (Fsp3) is 0.340. The zero-order valence-corrected chi connectivity index (χ0v) is 35.6. The van der Waals surface area contributed by atoms with E-state index in [0.29, 0.717) is 46.0 Å². The molecule has 0 saturated carbocycles. The number of aromatic nitrogens is 1. The van der Waals surface area contributed by atoms with Crippen molar-refractivity contribution in [3.63, 3.8) is 0 Å². The lowest BCUT2D eigenvalue weighted by molar-refractivity contribution is -0.119. The van der Waals surface area contributed by atoms with Gasteiger partial charge >= 0.3 is 0 Å². The fourth-order valence-electron chi connectivity index (χ4n) is 7.23. The molecule has 1 aliphatic heterocycles. The molecule has 1 amide bonds. The van der Waals surface area contributed by atoms with Crippen LogP contribution in [-0.2, 0) is 24.6 Å². The van der Waals surface area contributed by atoms with Gasteiger partial charge in [0.25, 0.3) is 0 Å². The zero-order valence-electron chi connectivity index (χ0n) is 34.1. The number of amides is 1. The molecule has 1 aromatic heterocycles. The van der Waals surface area contributed by atoms with Crippen LogP contribution < -0.4 is 24.8 Å². The maximum atomic E-state index is 11.4. The van der Waals surface area contributed by atoms with E-state index in [2.05, 4.69) is 26.6 Å². The van der Waals surface area contributed by atoms with E-state index in [9.17, 15) is 20.3 Å². The molecule has 60 heavy (non-hydrogen) atoms. The minimum absolute atomic E-state index is 0.0296. The highest BCUT2D eigenvalue weighted by Crippen LogP contribution is 2.39. The van der Waals surface area contributed by atoms with Crippen molar-refractivity contribution in [2.45, 2.75) is 78.0 Å². The lowest BCUT2D eigenvalue weighted by atomic mass is 9.96. The van der Waals surface area contributed by atoms with Gasteiger partial charge in [0.1, 0.15) is 36.5 Å². The molecule has 4 N–H and O–H groups in total. The predicted octanol–water partition coefficient (Wildman–Crippen LogP) is 8.79. The Kier molecular flexibility index (Phi) is 15.7. The molecule has 1 atom stereocenters. The average molecular weight is 853 g/mol. The summed E-state index contributed by atoms with van der Waals surface area (Å²) in [5.74, 6) is 1.16. The van der Waals surface area contributed by atoms with Crippen LogP contribution in [-0.4, -0.2) is 64.6 Å². The van der Waals surface area contributed by atoms with E-state index >= 15 is 0 Å². The number of carbonyl (C=O) groups excluding carboxylic acids is 1. The molecule has 4 aromatic carbocycles. The van der Waals surface area contributed by atoms with Crippen LogP contribution in [0.1, 0.15) is 72.4 Å². The summed E-state index contributed by atoms with van der Waals surface area (Å²) >= 11 is 13.9. The number of hydrogen-bond acceptors (Lipinski definition) is 10. The molecule has 314 valence electrons. The molecule has 1 unspecified atom stereocenters. The van der Waals surface area contributed by atoms with Crippen molar-refractivity contribution in [1.29, 1.82) is 5.26 Å². The van der Waals surface area contributed by atoms with Crippen molar-refractivity contribution in [2.24, 2.45) is 0 Å². The molecule has 6 rings (SSSR count). The summed E-state index contributed by atoms with van der Waals surface area (Å²) in [5.41, 5.74) is 7.26. The Hall–Kier alpha value is -5.35. The number of benzene rings is 4. The van der Waals surface area contributed by atoms with E-state index in [1.54, 1.807) is 38.2 Å². The number of anilines is 1. The SMILES string of the molecule is CC(=O)NC1CCN(CCCOc2cccc(-c3cccc(COc4cc(OCc5cncc(C#N)c5)c(CNc5cccc(C(C)C(O)O)c5)cc4Cl)c3C)c2Cl)CC1. The molecule has 0 bridgehead atoms. The fourth-order valence-corrected chi connectivity index (χ4v) is 7.75. The number of likely N-dealkylation sites (tertiary alicyclic amines) is 1. The Labute approximate surface area is 361 Å². The van der Waals surface area contributed by atoms with Crippen molar-refractivity contribution in [2.75, 3.05) is 31.6 Å². The number of rotatable bonds is 18. The molecule has 1 aliphatic rings. The van der Waals surface area contributed by atoms with Gasteiger partial charge in [-0.05, 0) is 78.8 Å². The normalized spacial score (nSPS) is 13.7. The first kappa shape index (κ1) is 44.2. The Morgan fingerprint density at radius 3 is 2.43 bits per heavy atom. The minimum atomic E-state index is -1.48. The molecule has 5 aromatic rings. The number of carbonyl (C=O) groups is 1. The van der Waals surface area contributed by atoms with Crippen LogP contribution in [0.15, 0.2) is 91.3 Å². The number of ether oxygens (including phenoxy) is 3. The van der Waals surface area contributed by atoms with Gasteiger partial charge in [0.2, 0.25) is 5.91 Å². The lowest BCUT2D eigenvalue weighted by Gasteiger charge is -2.32. The Morgan fingerprint density at radius 2 is 1.67 bits per heavy atom. The molecule has 0 spiro atoms. The van der Waals surface area contributed by atoms with Crippen LogP contribution in [0.4, 0.5) is 5.69 Å².